The minimum atomic E-state index is 0.261. The smallest absolute Gasteiger partial charge is 0.177 e. The quantitative estimate of drug-likeness (QED) is 0.773. The van der Waals surface area contributed by atoms with E-state index in [9.17, 15) is 4.79 Å². The number of hydrogen-bond acceptors (Lipinski definition) is 2. The van der Waals surface area contributed by atoms with E-state index >= 15 is 0 Å². The first kappa shape index (κ1) is 14.3. The van der Waals surface area contributed by atoms with Crippen molar-refractivity contribution in [1.29, 1.82) is 0 Å². The molecule has 0 spiro atoms. The maximum absolute atomic E-state index is 12.4. The number of carbonyl (C=O) groups excluding carboxylic acids is 1. The van der Waals surface area contributed by atoms with E-state index in [0.29, 0.717) is 12.0 Å². The zero-order valence-electron chi connectivity index (χ0n) is 12.6. The van der Waals surface area contributed by atoms with E-state index in [1.165, 1.54) is 18.4 Å². The predicted octanol–water partition coefficient (Wildman–Crippen LogP) is 3.61. The Morgan fingerprint density at radius 3 is 2.42 bits per heavy atom. The highest BCUT2D eigenvalue weighted by molar-refractivity contribution is 5.98. The van der Waals surface area contributed by atoms with E-state index < -0.39 is 0 Å². The van der Waals surface area contributed by atoms with Gasteiger partial charge in [0.2, 0.25) is 0 Å². The average Bonchev–Trinajstić information content (AvgIpc) is 2.31. The highest BCUT2D eigenvalue weighted by Gasteiger charge is 2.26. The van der Waals surface area contributed by atoms with Crippen molar-refractivity contribution in [3.63, 3.8) is 0 Å². The van der Waals surface area contributed by atoms with Crippen LogP contribution in [0, 0.1) is 19.3 Å². The highest BCUT2D eigenvalue weighted by Crippen LogP contribution is 2.29. The van der Waals surface area contributed by atoms with Gasteiger partial charge in [-0.3, -0.25) is 9.69 Å². The molecule has 1 fully saturated rings. The summed E-state index contributed by atoms with van der Waals surface area (Å²) in [5.41, 5.74) is 3.64. The van der Waals surface area contributed by atoms with Crippen molar-refractivity contribution in [3.05, 3.63) is 34.9 Å². The molecule has 2 nitrogen and oxygen atoms in total. The fraction of sp³-hybridized carbons (Fsp3) is 0.588. The van der Waals surface area contributed by atoms with E-state index in [1.807, 2.05) is 19.1 Å². The third-order valence-corrected chi connectivity index (χ3v) is 4.26. The van der Waals surface area contributed by atoms with Gasteiger partial charge in [-0.25, -0.2) is 0 Å². The number of piperidine rings is 1. The summed E-state index contributed by atoms with van der Waals surface area (Å²) in [5, 5.41) is 0. The van der Waals surface area contributed by atoms with Crippen LogP contribution in [0.25, 0.3) is 0 Å². The minimum absolute atomic E-state index is 0.261. The van der Waals surface area contributed by atoms with Gasteiger partial charge in [0.1, 0.15) is 0 Å². The molecular weight excluding hydrogens is 234 g/mol. The summed E-state index contributed by atoms with van der Waals surface area (Å²) < 4.78 is 0. The van der Waals surface area contributed by atoms with Crippen molar-refractivity contribution >= 4 is 5.78 Å². The molecule has 0 aliphatic carbocycles. The van der Waals surface area contributed by atoms with Crippen molar-refractivity contribution in [2.75, 3.05) is 19.6 Å². The van der Waals surface area contributed by atoms with Gasteiger partial charge < -0.3 is 0 Å². The van der Waals surface area contributed by atoms with Gasteiger partial charge in [0, 0.05) is 5.56 Å². The highest BCUT2D eigenvalue weighted by atomic mass is 16.1. The number of Topliss-reactive ketones (excluding diaryl/α,β-unsaturated/α-hetero) is 1. The van der Waals surface area contributed by atoms with E-state index in [1.54, 1.807) is 0 Å². The summed E-state index contributed by atoms with van der Waals surface area (Å²) in [6, 6.07) is 6.09. The summed E-state index contributed by atoms with van der Waals surface area (Å²) in [5.74, 6) is 0.261. The molecule has 1 aromatic rings. The van der Waals surface area contributed by atoms with Crippen LogP contribution in [-0.4, -0.2) is 30.3 Å². The van der Waals surface area contributed by atoms with Crippen LogP contribution in [0.3, 0.4) is 0 Å². The second kappa shape index (κ2) is 5.46. The standard InChI is InChI=1S/C17H25NO/c1-13-5-6-15(14(2)11-13)16(19)12-18-9-7-17(3,4)8-10-18/h5-6,11H,7-10,12H2,1-4H3. The number of aryl methyl sites for hydroxylation is 2. The second-order valence-corrected chi connectivity index (χ2v) is 6.68. The van der Waals surface area contributed by atoms with Crippen LogP contribution in [-0.2, 0) is 0 Å². The molecule has 2 heteroatoms. The summed E-state index contributed by atoms with van der Waals surface area (Å²) in [7, 11) is 0. The molecule has 1 heterocycles. The number of carbonyl (C=O) groups is 1. The molecule has 0 saturated carbocycles. The predicted molar refractivity (Wildman–Crippen MR) is 79.7 cm³/mol. The monoisotopic (exact) mass is 259 g/mol. The number of ketones is 1. The van der Waals surface area contributed by atoms with E-state index in [2.05, 4.69) is 31.7 Å². The lowest BCUT2D eigenvalue weighted by Gasteiger charge is -2.36. The summed E-state index contributed by atoms with van der Waals surface area (Å²) in [6.45, 7) is 11.4. The van der Waals surface area contributed by atoms with Crippen molar-refractivity contribution in [2.45, 2.75) is 40.5 Å². The SMILES string of the molecule is Cc1ccc(C(=O)CN2CCC(C)(C)CC2)c(C)c1. The Morgan fingerprint density at radius 1 is 1.21 bits per heavy atom. The van der Waals surface area contributed by atoms with Crippen LogP contribution in [0.15, 0.2) is 18.2 Å². The Kier molecular flexibility index (Phi) is 4.10. The van der Waals surface area contributed by atoms with Gasteiger partial charge >= 0.3 is 0 Å². The Labute approximate surface area is 116 Å². The first-order chi connectivity index (χ1) is 8.87. The van der Waals surface area contributed by atoms with Gasteiger partial charge in [0.25, 0.3) is 0 Å². The average molecular weight is 259 g/mol. The maximum atomic E-state index is 12.4. The van der Waals surface area contributed by atoms with Crippen molar-refractivity contribution in [1.82, 2.24) is 4.90 Å². The van der Waals surface area contributed by atoms with Crippen LogP contribution in [0.2, 0.25) is 0 Å². The van der Waals surface area contributed by atoms with Gasteiger partial charge in [-0.15, -0.1) is 0 Å². The summed E-state index contributed by atoms with van der Waals surface area (Å²) in [4.78, 5) is 14.7. The maximum Gasteiger partial charge on any atom is 0.177 e. The lowest BCUT2D eigenvalue weighted by molar-refractivity contribution is 0.0845. The summed E-state index contributed by atoms with van der Waals surface area (Å²) >= 11 is 0. The zero-order chi connectivity index (χ0) is 14.0. The molecule has 19 heavy (non-hydrogen) atoms. The molecule has 0 atom stereocenters. The van der Waals surface area contributed by atoms with Gasteiger partial charge in [-0.05, 0) is 50.8 Å². The summed E-state index contributed by atoms with van der Waals surface area (Å²) in [6.07, 6.45) is 2.38. The molecule has 1 saturated heterocycles. The molecular formula is C17H25NO. The van der Waals surface area contributed by atoms with E-state index in [0.717, 1.165) is 24.2 Å². The van der Waals surface area contributed by atoms with E-state index in [-0.39, 0.29) is 5.78 Å². The fourth-order valence-corrected chi connectivity index (χ4v) is 2.73. The van der Waals surface area contributed by atoms with Gasteiger partial charge in [0.05, 0.1) is 6.54 Å². The first-order valence-electron chi connectivity index (χ1n) is 7.20. The normalized spacial score (nSPS) is 19.4. The third-order valence-electron chi connectivity index (χ3n) is 4.26. The second-order valence-electron chi connectivity index (χ2n) is 6.68. The number of benzene rings is 1. The third kappa shape index (κ3) is 3.66. The van der Waals surface area contributed by atoms with Crippen LogP contribution >= 0.6 is 0 Å². The van der Waals surface area contributed by atoms with Gasteiger partial charge in [-0.1, -0.05) is 37.6 Å². The molecule has 0 aromatic heterocycles. The Morgan fingerprint density at radius 2 is 1.84 bits per heavy atom. The van der Waals surface area contributed by atoms with E-state index in [4.69, 9.17) is 0 Å². The lowest BCUT2D eigenvalue weighted by Crippen LogP contribution is -2.40. The molecule has 0 bridgehead atoms. The molecule has 1 aliphatic rings. The molecule has 1 aromatic carbocycles. The molecule has 0 amide bonds. The molecule has 104 valence electrons. The lowest BCUT2D eigenvalue weighted by atomic mass is 9.82. The number of hydrogen-bond donors (Lipinski definition) is 0. The number of likely N-dealkylation sites (tertiary alicyclic amines) is 1. The zero-order valence-corrected chi connectivity index (χ0v) is 12.6. The topological polar surface area (TPSA) is 20.3 Å². The Hall–Kier alpha value is -1.15. The van der Waals surface area contributed by atoms with Crippen LogP contribution in [0.4, 0.5) is 0 Å². The van der Waals surface area contributed by atoms with Crippen LogP contribution < -0.4 is 0 Å². The Balaban J connectivity index is 1.98. The van der Waals surface area contributed by atoms with Gasteiger partial charge in [0.15, 0.2) is 5.78 Å². The fourth-order valence-electron chi connectivity index (χ4n) is 2.73. The number of nitrogens with zero attached hydrogens (tertiary/aromatic N) is 1. The molecule has 0 radical (unpaired) electrons. The van der Waals surface area contributed by atoms with Crippen molar-refractivity contribution in [2.24, 2.45) is 5.41 Å². The van der Waals surface area contributed by atoms with Crippen molar-refractivity contribution in [3.8, 4) is 0 Å². The number of rotatable bonds is 3. The molecule has 1 aliphatic heterocycles. The minimum Gasteiger partial charge on any atom is -0.296 e. The van der Waals surface area contributed by atoms with Crippen molar-refractivity contribution < 1.29 is 4.79 Å². The van der Waals surface area contributed by atoms with Gasteiger partial charge in [-0.2, -0.15) is 0 Å². The van der Waals surface area contributed by atoms with Crippen LogP contribution in [0.1, 0.15) is 48.2 Å². The Bertz CT molecular complexity index is 466. The largest absolute Gasteiger partial charge is 0.296 e. The molecule has 2 rings (SSSR count). The first-order valence-corrected chi connectivity index (χ1v) is 7.20. The van der Waals surface area contributed by atoms with Crippen LogP contribution in [0.5, 0.6) is 0 Å². The molecule has 0 unspecified atom stereocenters. The molecule has 0 N–H and O–H groups in total.